The zero-order valence-electron chi connectivity index (χ0n) is 11.2. The molecular formula is C14H13F3N2O2. The van der Waals surface area contributed by atoms with Gasteiger partial charge in [0.25, 0.3) is 0 Å². The molecule has 0 aromatic heterocycles. The largest absolute Gasteiger partial charge is 0.478 e. The van der Waals surface area contributed by atoms with Gasteiger partial charge in [-0.25, -0.2) is 4.79 Å². The molecule has 0 aliphatic rings. The summed E-state index contributed by atoms with van der Waals surface area (Å²) in [4.78, 5) is 11.5. The summed E-state index contributed by atoms with van der Waals surface area (Å²) in [7, 11) is 0. The van der Waals surface area contributed by atoms with Crippen LogP contribution >= 0.6 is 0 Å². The third kappa shape index (κ3) is 5.18. The molecule has 4 nitrogen and oxygen atoms in total. The molecule has 1 aromatic carbocycles. The fourth-order valence-electron chi connectivity index (χ4n) is 1.77. The van der Waals surface area contributed by atoms with Crippen LogP contribution in [-0.4, -0.2) is 30.3 Å². The molecule has 0 saturated heterocycles. The molecule has 0 bridgehead atoms. The quantitative estimate of drug-likeness (QED) is 0.849. The Labute approximate surface area is 119 Å². The van der Waals surface area contributed by atoms with E-state index in [1.165, 1.54) is 24.3 Å². The number of anilines is 1. The van der Waals surface area contributed by atoms with Gasteiger partial charge < -0.3 is 10.0 Å². The Morgan fingerprint density at radius 3 is 2.62 bits per heavy atom. The van der Waals surface area contributed by atoms with E-state index in [-0.39, 0.29) is 17.8 Å². The van der Waals surface area contributed by atoms with Gasteiger partial charge in [-0.2, -0.15) is 18.4 Å². The molecule has 0 aliphatic heterocycles. The van der Waals surface area contributed by atoms with Crippen molar-refractivity contribution in [1.29, 1.82) is 5.26 Å². The van der Waals surface area contributed by atoms with E-state index in [2.05, 4.69) is 0 Å². The molecule has 0 spiro atoms. The summed E-state index contributed by atoms with van der Waals surface area (Å²) >= 11 is 0. The molecule has 0 fully saturated rings. The summed E-state index contributed by atoms with van der Waals surface area (Å²) in [5, 5.41) is 17.6. The highest BCUT2D eigenvalue weighted by Gasteiger charge is 2.31. The van der Waals surface area contributed by atoms with Gasteiger partial charge in [0.2, 0.25) is 0 Å². The molecule has 0 amide bonds. The lowest BCUT2D eigenvalue weighted by molar-refractivity contribution is -0.131. The molecule has 1 rings (SSSR count). The van der Waals surface area contributed by atoms with Crippen LogP contribution in [0.1, 0.15) is 18.1 Å². The number of carboxylic acid groups (broad SMARTS) is 1. The lowest BCUT2D eigenvalue weighted by Crippen LogP contribution is -2.34. The van der Waals surface area contributed by atoms with Crippen molar-refractivity contribution in [2.24, 2.45) is 0 Å². The second kappa shape index (κ2) is 6.79. The van der Waals surface area contributed by atoms with Gasteiger partial charge in [0.05, 0.1) is 11.3 Å². The van der Waals surface area contributed by atoms with E-state index in [4.69, 9.17) is 10.4 Å². The standard InChI is InChI=1S/C14H13F3N2O2/c1-2-19(9-14(15,16)17)12-5-3-10(4-6-13(20)21)7-11(12)8-18/h3-7H,2,9H2,1H3,(H,20,21)/b6-4+. The fourth-order valence-corrected chi connectivity index (χ4v) is 1.77. The molecule has 0 radical (unpaired) electrons. The van der Waals surface area contributed by atoms with Crippen molar-refractivity contribution < 1.29 is 23.1 Å². The molecule has 112 valence electrons. The molecule has 7 heteroatoms. The van der Waals surface area contributed by atoms with Gasteiger partial charge in [-0.1, -0.05) is 6.07 Å². The summed E-state index contributed by atoms with van der Waals surface area (Å²) in [5.74, 6) is -1.15. The van der Waals surface area contributed by atoms with E-state index in [0.717, 1.165) is 11.0 Å². The zero-order valence-corrected chi connectivity index (χ0v) is 11.2. The Morgan fingerprint density at radius 2 is 2.14 bits per heavy atom. The minimum atomic E-state index is -4.37. The average Bonchev–Trinajstić information content (AvgIpc) is 2.41. The van der Waals surface area contributed by atoms with Crippen molar-refractivity contribution in [1.82, 2.24) is 0 Å². The number of carbonyl (C=O) groups is 1. The van der Waals surface area contributed by atoms with Crippen LogP contribution in [0.5, 0.6) is 0 Å². The molecule has 0 aliphatic carbocycles. The Balaban J connectivity index is 3.13. The predicted molar refractivity (Wildman–Crippen MR) is 71.8 cm³/mol. The summed E-state index contributed by atoms with van der Waals surface area (Å²) in [6.45, 7) is 0.506. The molecule has 0 unspecified atom stereocenters. The first-order valence-corrected chi connectivity index (χ1v) is 6.03. The maximum Gasteiger partial charge on any atom is 0.405 e. The lowest BCUT2D eigenvalue weighted by atomic mass is 10.1. The Kier molecular flexibility index (Phi) is 5.36. The average molecular weight is 298 g/mol. The van der Waals surface area contributed by atoms with Gasteiger partial charge in [-0.05, 0) is 30.7 Å². The van der Waals surface area contributed by atoms with E-state index < -0.39 is 18.7 Å². The van der Waals surface area contributed by atoms with Crippen LogP contribution < -0.4 is 4.90 Å². The highest BCUT2D eigenvalue weighted by atomic mass is 19.4. The fraction of sp³-hybridized carbons (Fsp3) is 0.286. The number of rotatable bonds is 5. The second-order valence-electron chi connectivity index (χ2n) is 4.19. The minimum Gasteiger partial charge on any atom is -0.478 e. The number of nitriles is 1. The number of hydrogen-bond donors (Lipinski definition) is 1. The maximum absolute atomic E-state index is 12.5. The van der Waals surface area contributed by atoms with E-state index in [9.17, 15) is 18.0 Å². The van der Waals surface area contributed by atoms with Gasteiger partial charge >= 0.3 is 12.1 Å². The van der Waals surface area contributed by atoms with Crippen molar-refractivity contribution in [3.8, 4) is 6.07 Å². The van der Waals surface area contributed by atoms with Gasteiger partial charge in [-0.3, -0.25) is 0 Å². The Morgan fingerprint density at radius 1 is 1.48 bits per heavy atom. The van der Waals surface area contributed by atoms with Crippen molar-refractivity contribution in [2.75, 3.05) is 18.0 Å². The van der Waals surface area contributed by atoms with Crippen LogP contribution in [0.2, 0.25) is 0 Å². The number of aliphatic carboxylic acids is 1. The number of carboxylic acids is 1. The first-order chi connectivity index (χ1) is 9.76. The first-order valence-electron chi connectivity index (χ1n) is 6.03. The minimum absolute atomic E-state index is 0.0636. The topological polar surface area (TPSA) is 64.3 Å². The molecule has 1 N–H and O–H groups in total. The van der Waals surface area contributed by atoms with E-state index in [0.29, 0.717) is 5.56 Å². The van der Waals surface area contributed by atoms with Crippen LogP contribution in [0.3, 0.4) is 0 Å². The predicted octanol–water partition coefficient (Wildman–Crippen LogP) is 3.04. The van der Waals surface area contributed by atoms with Crippen LogP contribution in [0, 0.1) is 11.3 Å². The highest BCUT2D eigenvalue weighted by Crippen LogP contribution is 2.26. The number of nitrogens with zero attached hydrogens (tertiary/aromatic N) is 2. The normalized spacial score (nSPS) is 11.4. The zero-order chi connectivity index (χ0) is 16.0. The number of benzene rings is 1. The first kappa shape index (κ1) is 16.6. The lowest BCUT2D eigenvalue weighted by Gasteiger charge is -2.25. The second-order valence-corrected chi connectivity index (χ2v) is 4.19. The van der Waals surface area contributed by atoms with Crippen LogP contribution in [-0.2, 0) is 4.79 Å². The van der Waals surface area contributed by atoms with Crippen molar-refractivity contribution in [2.45, 2.75) is 13.1 Å². The van der Waals surface area contributed by atoms with Crippen LogP contribution in [0.15, 0.2) is 24.3 Å². The van der Waals surface area contributed by atoms with Gasteiger partial charge in [0.15, 0.2) is 0 Å². The molecule has 21 heavy (non-hydrogen) atoms. The van der Waals surface area contributed by atoms with E-state index >= 15 is 0 Å². The van der Waals surface area contributed by atoms with E-state index in [1.54, 1.807) is 6.92 Å². The van der Waals surface area contributed by atoms with Crippen LogP contribution in [0.4, 0.5) is 18.9 Å². The molecule has 0 heterocycles. The highest BCUT2D eigenvalue weighted by molar-refractivity contribution is 5.85. The summed E-state index contributed by atoms with van der Waals surface area (Å²) in [6, 6.07) is 6.04. The Hall–Kier alpha value is -2.49. The number of alkyl halides is 3. The van der Waals surface area contributed by atoms with Crippen molar-refractivity contribution in [3.05, 3.63) is 35.4 Å². The van der Waals surface area contributed by atoms with Gasteiger partial charge in [-0.15, -0.1) is 0 Å². The molecular weight excluding hydrogens is 285 g/mol. The molecule has 1 aromatic rings. The van der Waals surface area contributed by atoms with E-state index in [1.807, 2.05) is 6.07 Å². The van der Waals surface area contributed by atoms with Crippen molar-refractivity contribution in [3.63, 3.8) is 0 Å². The third-order valence-electron chi connectivity index (χ3n) is 2.65. The monoisotopic (exact) mass is 298 g/mol. The van der Waals surface area contributed by atoms with Gasteiger partial charge in [0, 0.05) is 12.6 Å². The third-order valence-corrected chi connectivity index (χ3v) is 2.65. The number of hydrogen-bond acceptors (Lipinski definition) is 3. The SMILES string of the molecule is CCN(CC(F)(F)F)c1ccc(/C=C/C(=O)O)cc1C#N. The summed E-state index contributed by atoms with van der Waals surface area (Å²) < 4.78 is 37.5. The molecule has 0 saturated carbocycles. The smallest absolute Gasteiger partial charge is 0.405 e. The van der Waals surface area contributed by atoms with Crippen molar-refractivity contribution >= 4 is 17.7 Å². The number of halogens is 3. The Bertz CT molecular complexity index is 589. The maximum atomic E-state index is 12.5. The van der Waals surface area contributed by atoms with Crippen LogP contribution in [0.25, 0.3) is 6.08 Å². The molecule has 0 atom stereocenters. The summed E-state index contributed by atoms with van der Waals surface area (Å²) in [5.41, 5.74) is 0.666. The summed E-state index contributed by atoms with van der Waals surface area (Å²) in [6.07, 6.45) is -2.21. The van der Waals surface area contributed by atoms with Gasteiger partial charge in [0.1, 0.15) is 12.6 Å².